The molecule has 0 N–H and O–H groups in total. The molecule has 1 fully saturated rings. The number of hydrogen-bond acceptors (Lipinski definition) is 3. The molecule has 6 heteroatoms. The van der Waals surface area contributed by atoms with E-state index in [4.69, 9.17) is 11.6 Å². The van der Waals surface area contributed by atoms with Crippen molar-refractivity contribution in [3.8, 4) is 0 Å². The number of halogens is 1. The quantitative estimate of drug-likeness (QED) is 0.718. The fraction of sp³-hybridized carbons (Fsp3) is 0.409. The van der Waals surface area contributed by atoms with Crippen molar-refractivity contribution in [1.29, 1.82) is 0 Å². The highest BCUT2D eigenvalue weighted by Crippen LogP contribution is 2.39. The maximum absolute atomic E-state index is 12.6. The maximum Gasteiger partial charge on any atom is 0.227 e. The van der Waals surface area contributed by atoms with Crippen LogP contribution in [0.5, 0.6) is 0 Å². The Kier molecular flexibility index (Phi) is 5.23. The van der Waals surface area contributed by atoms with Gasteiger partial charge in [-0.3, -0.25) is 4.79 Å². The second-order valence-electron chi connectivity index (χ2n) is 8.12. The lowest BCUT2D eigenvalue weighted by Crippen LogP contribution is -2.49. The normalized spacial score (nSPS) is 21.9. The van der Waals surface area contributed by atoms with Crippen molar-refractivity contribution < 1.29 is 13.2 Å². The van der Waals surface area contributed by atoms with Crippen molar-refractivity contribution in [3.05, 3.63) is 64.2 Å². The van der Waals surface area contributed by atoms with Crippen LogP contribution in [0.4, 0.5) is 5.69 Å². The number of carbonyl (C=O) groups is 1. The summed E-state index contributed by atoms with van der Waals surface area (Å²) in [5.41, 5.74) is 3.56. The summed E-state index contributed by atoms with van der Waals surface area (Å²) in [7, 11) is -3.29. The fourth-order valence-corrected chi connectivity index (χ4v) is 5.89. The van der Waals surface area contributed by atoms with Crippen molar-refractivity contribution >= 4 is 33.0 Å². The van der Waals surface area contributed by atoms with Gasteiger partial charge in [0.05, 0.1) is 11.5 Å². The SMILES string of the molecule is CC1CC(N2C(=O)CCc3cc(CS(=O)(=O)Cc4ccc(Cl)cc4)ccc32)C1. The van der Waals surface area contributed by atoms with E-state index < -0.39 is 9.84 Å². The molecule has 1 aliphatic heterocycles. The number of sulfone groups is 1. The number of benzene rings is 2. The number of fused-ring (bicyclic) bond motifs is 1. The van der Waals surface area contributed by atoms with Gasteiger partial charge in [0.1, 0.15) is 0 Å². The number of amides is 1. The minimum Gasteiger partial charge on any atom is -0.309 e. The van der Waals surface area contributed by atoms with Gasteiger partial charge in [-0.25, -0.2) is 8.42 Å². The predicted octanol–water partition coefficient (Wildman–Crippen LogP) is 4.53. The van der Waals surface area contributed by atoms with Crippen LogP contribution in [-0.2, 0) is 32.6 Å². The van der Waals surface area contributed by atoms with Crippen molar-refractivity contribution in [2.24, 2.45) is 5.92 Å². The molecule has 4 rings (SSSR count). The van der Waals surface area contributed by atoms with Crippen LogP contribution in [0, 0.1) is 5.92 Å². The lowest BCUT2D eigenvalue weighted by Gasteiger charge is -2.44. The van der Waals surface area contributed by atoms with E-state index in [1.165, 1.54) is 0 Å². The average molecular weight is 418 g/mol. The second-order valence-corrected chi connectivity index (χ2v) is 10.6. The van der Waals surface area contributed by atoms with Gasteiger partial charge >= 0.3 is 0 Å². The summed E-state index contributed by atoms with van der Waals surface area (Å²) in [6.07, 6.45) is 3.27. The first-order valence-corrected chi connectivity index (χ1v) is 11.9. The van der Waals surface area contributed by atoms with Gasteiger partial charge in [0.15, 0.2) is 9.84 Å². The summed E-state index contributed by atoms with van der Waals surface area (Å²) in [6.45, 7) is 2.21. The molecule has 1 amide bonds. The van der Waals surface area contributed by atoms with Gasteiger partial charge in [-0.2, -0.15) is 0 Å². The number of aryl methyl sites for hydroxylation is 1. The molecule has 1 heterocycles. The van der Waals surface area contributed by atoms with Crippen LogP contribution in [0.15, 0.2) is 42.5 Å². The molecule has 0 atom stereocenters. The Morgan fingerprint density at radius 3 is 2.32 bits per heavy atom. The molecule has 1 saturated carbocycles. The van der Waals surface area contributed by atoms with E-state index in [1.54, 1.807) is 24.3 Å². The summed E-state index contributed by atoms with van der Waals surface area (Å²) in [5, 5.41) is 0.593. The van der Waals surface area contributed by atoms with Crippen molar-refractivity contribution in [1.82, 2.24) is 0 Å². The highest BCUT2D eigenvalue weighted by Gasteiger charge is 2.37. The predicted molar refractivity (Wildman–Crippen MR) is 112 cm³/mol. The molecular weight excluding hydrogens is 394 g/mol. The van der Waals surface area contributed by atoms with Crippen LogP contribution in [0.3, 0.4) is 0 Å². The summed E-state index contributed by atoms with van der Waals surface area (Å²) in [6, 6.07) is 13.0. The van der Waals surface area contributed by atoms with E-state index in [2.05, 4.69) is 6.92 Å². The first kappa shape index (κ1) is 19.5. The van der Waals surface area contributed by atoms with Crippen molar-refractivity contribution in [2.45, 2.75) is 50.2 Å². The highest BCUT2D eigenvalue weighted by atomic mass is 35.5. The van der Waals surface area contributed by atoms with Gasteiger partial charge in [-0.1, -0.05) is 42.8 Å². The first-order valence-electron chi connectivity index (χ1n) is 9.69. The van der Waals surface area contributed by atoms with Crippen LogP contribution in [-0.4, -0.2) is 20.4 Å². The van der Waals surface area contributed by atoms with Gasteiger partial charge in [-0.15, -0.1) is 0 Å². The molecule has 0 saturated heterocycles. The Morgan fingerprint density at radius 1 is 1.00 bits per heavy atom. The minimum absolute atomic E-state index is 0.00266. The molecule has 2 aromatic rings. The lowest BCUT2D eigenvalue weighted by atomic mass is 9.79. The molecule has 0 aromatic heterocycles. The third kappa shape index (κ3) is 4.11. The summed E-state index contributed by atoms with van der Waals surface area (Å²) < 4.78 is 25.3. The van der Waals surface area contributed by atoms with Gasteiger partial charge in [0.25, 0.3) is 0 Å². The van der Waals surface area contributed by atoms with E-state index in [9.17, 15) is 13.2 Å². The van der Waals surface area contributed by atoms with E-state index in [1.807, 2.05) is 23.1 Å². The lowest BCUT2D eigenvalue weighted by molar-refractivity contribution is -0.119. The van der Waals surface area contributed by atoms with Crippen LogP contribution in [0.25, 0.3) is 0 Å². The summed E-state index contributed by atoms with van der Waals surface area (Å²) in [5.74, 6) is 0.844. The second kappa shape index (κ2) is 7.53. The maximum atomic E-state index is 12.6. The summed E-state index contributed by atoms with van der Waals surface area (Å²) in [4.78, 5) is 14.4. The summed E-state index contributed by atoms with van der Waals surface area (Å²) >= 11 is 5.87. The Balaban J connectivity index is 1.52. The molecule has 0 spiro atoms. The van der Waals surface area contributed by atoms with E-state index >= 15 is 0 Å². The third-order valence-electron chi connectivity index (χ3n) is 5.68. The largest absolute Gasteiger partial charge is 0.309 e. The average Bonchev–Trinajstić information content (AvgIpc) is 2.61. The topological polar surface area (TPSA) is 54.5 Å². The van der Waals surface area contributed by atoms with Crippen LogP contribution < -0.4 is 4.90 Å². The van der Waals surface area contributed by atoms with Gasteiger partial charge in [-0.05, 0) is 60.1 Å². The Morgan fingerprint density at radius 2 is 1.64 bits per heavy atom. The van der Waals surface area contributed by atoms with Crippen molar-refractivity contribution in [2.75, 3.05) is 4.90 Å². The monoisotopic (exact) mass is 417 g/mol. The van der Waals surface area contributed by atoms with Crippen LogP contribution in [0.2, 0.25) is 5.02 Å². The van der Waals surface area contributed by atoms with Gasteiger partial charge < -0.3 is 4.90 Å². The minimum atomic E-state index is -3.29. The number of anilines is 1. The van der Waals surface area contributed by atoms with Crippen LogP contribution >= 0.6 is 11.6 Å². The Bertz CT molecular complexity index is 995. The number of nitrogens with zero attached hydrogens (tertiary/aromatic N) is 1. The van der Waals surface area contributed by atoms with Gasteiger partial charge in [0, 0.05) is 23.2 Å². The third-order valence-corrected chi connectivity index (χ3v) is 7.48. The van der Waals surface area contributed by atoms with E-state index in [0.29, 0.717) is 29.8 Å². The molecule has 4 nitrogen and oxygen atoms in total. The molecular formula is C22H24ClNO3S. The number of rotatable bonds is 5. The van der Waals surface area contributed by atoms with Gasteiger partial charge in [0.2, 0.25) is 5.91 Å². The fourth-order valence-electron chi connectivity index (χ4n) is 4.27. The molecule has 1 aliphatic carbocycles. The van der Waals surface area contributed by atoms with E-state index in [0.717, 1.165) is 35.2 Å². The molecule has 0 bridgehead atoms. The zero-order valence-corrected chi connectivity index (χ0v) is 17.5. The number of carbonyl (C=O) groups excluding carboxylic acids is 1. The Hall–Kier alpha value is -1.85. The number of hydrogen-bond donors (Lipinski definition) is 0. The van der Waals surface area contributed by atoms with E-state index in [-0.39, 0.29) is 17.4 Å². The molecule has 148 valence electrons. The molecule has 28 heavy (non-hydrogen) atoms. The zero-order valence-electron chi connectivity index (χ0n) is 15.9. The smallest absolute Gasteiger partial charge is 0.227 e. The molecule has 2 aliphatic rings. The highest BCUT2D eigenvalue weighted by molar-refractivity contribution is 7.89. The Labute approximate surface area is 171 Å². The van der Waals surface area contributed by atoms with Crippen LogP contribution in [0.1, 0.15) is 42.9 Å². The zero-order chi connectivity index (χ0) is 19.9. The first-order chi connectivity index (χ1) is 13.3. The molecule has 2 aromatic carbocycles. The van der Waals surface area contributed by atoms with Crippen molar-refractivity contribution in [3.63, 3.8) is 0 Å². The molecule has 0 unspecified atom stereocenters. The molecule has 0 radical (unpaired) electrons. The standard InChI is InChI=1S/C22H24ClNO3S/c1-15-10-20(11-15)24-21-8-4-17(12-18(21)5-9-22(24)25)14-28(26,27)13-16-2-6-19(23)7-3-16/h2-4,6-8,12,15,20H,5,9-11,13-14H2,1H3.